The van der Waals surface area contributed by atoms with E-state index in [2.05, 4.69) is 40.5 Å². The summed E-state index contributed by atoms with van der Waals surface area (Å²) in [7, 11) is 0. The number of hydrogen-bond acceptors (Lipinski definition) is 2. The average molecular weight is 216 g/mol. The molecule has 2 nitrogen and oxygen atoms in total. The molecule has 3 rings (SSSR count). The molecule has 0 radical (unpaired) electrons. The van der Waals surface area contributed by atoms with Gasteiger partial charge in [-0.05, 0) is 36.9 Å². The first kappa shape index (κ1) is 10.3. The van der Waals surface area contributed by atoms with Crippen molar-refractivity contribution in [2.24, 2.45) is 11.8 Å². The molecular formula is C14H20N2. The van der Waals surface area contributed by atoms with Crippen molar-refractivity contribution in [1.29, 1.82) is 0 Å². The van der Waals surface area contributed by atoms with E-state index in [1.165, 1.54) is 38.2 Å². The van der Waals surface area contributed by atoms with Gasteiger partial charge in [0.05, 0.1) is 0 Å². The highest BCUT2D eigenvalue weighted by molar-refractivity contribution is 5.14. The predicted octanol–water partition coefficient (Wildman–Crippen LogP) is 1.73. The van der Waals surface area contributed by atoms with Crippen molar-refractivity contribution in [3.8, 4) is 0 Å². The highest BCUT2D eigenvalue weighted by Gasteiger charge is 2.33. The molecule has 0 saturated carbocycles. The van der Waals surface area contributed by atoms with Gasteiger partial charge in [0.2, 0.25) is 0 Å². The van der Waals surface area contributed by atoms with Crippen LogP contribution in [-0.4, -0.2) is 31.1 Å². The first-order chi connectivity index (χ1) is 7.92. The molecular weight excluding hydrogens is 196 g/mol. The van der Waals surface area contributed by atoms with E-state index in [-0.39, 0.29) is 0 Å². The highest BCUT2D eigenvalue weighted by atomic mass is 15.2. The summed E-state index contributed by atoms with van der Waals surface area (Å²) in [6, 6.07) is 10.8. The van der Waals surface area contributed by atoms with Gasteiger partial charge in [-0.2, -0.15) is 0 Å². The van der Waals surface area contributed by atoms with Crippen molar-refractivity contribution in [3.05, 3.63) is 35.9 Å². The lowest BCUT2D eigenvalue weighted by Gasteiger charge is -2.24. The van der Waals surface area contributed by atoms with Crippen LogP contribution in [0.4, 0.5) is 0 Å². The van der Waals surface area contributed by atoms with Gasteiger partial charge < -0.3 is 5.32 Å². The topological polar surface area (TPSA) is 15.3 Å². The summed E-state index contributed by atoms with van der Waals surface area (Å²) in [5.74, 6) is 1.85. The normalized spacial score (nSPS) is 30.2. The van der Waals surface area contributed by atoms with Crippen molar-refractivity contribution >= 4 is 0 Å². The third-order valence-electron chi connectivity index (χ3n) is 4.00. The second-order valence-corrected chi connectivity index (χ2v) is 5.19. The van der Waals surface area contributed by atoms with Crippen LogP contribution in [0.1, 0.15) is 12.0 Å². The van der Waals surface area contributed by atoms with Crippen LogP contribution in [0.15, 0.2) is 30.3 Å². The number of nitrogens with zero attached hydrogens (tertiary/aromatic N) is 1. The molecule has 2 fully saturated rings. The molecule has 1 N–H and O–H groups in total. The molecule has 2 heterocycles. The Kier molecular flexibility index (Phi) is 2.94. The summed E-state index contributed by atoms with van der Waals surface area (Å²) in [5, 5.41) is 3.51. The second-order valence-electron chi connectivity index (χ2n) is 5.19. The van der Waals surface area contributed by atoms with E-state index in [1.807, 2.05) is 0 Å². The quantitative estimate of drug-likeness (QED) is 0.810. The molecule has 2 aliphatic heterocycles. The van der Waals surface area contributed by atoms with Crippen LogP contribution < -0.4 is 5.32 Å². The number of rotatable bonds is 2. The molecule has 0 unspecified atom stereocenters. The lowest BCUT2D eigenvalue weighted by molar-refractivity contribution is 0.313. The Morgan fingerprint density at radius 2 is 1.94 bits per heavy atom. The van der Waals surface area contributed by atoms with Crippen molar-refractivity contribution in [2.75, 3.05) is 26.2 Å². The van der Waals surface area contributed by atoms with Gasteiger partial charge in [-0.1, -0.05) is 30.3 Å². The Hall–Kier alpha value is -0.860. The summed E-state index contributed by atoms with van der Waals surface area (Å²) >= 11 is 0. The number of nitrogens with one attached hydrogen (secondary N) is 1. The predicted molar refractivity (Wildman–Crippen MR) is 66.2 cm³/mol. The number of fused-ring (bicyclic) bond motifs is 1. The van der Waals surface area contributed by atoms with Gasteiger partial charge in [0, 0.05) is 19.6 Å². The number of piperidine rings is 1. The zero-order chi connectivity index (χ0) is 10.8. The van der Waals surface area contributed by atoms with E-state index in [4.69, 9.17) is 0 Å². The highest BCUT2D eigenvalue weighted by Crippen LogP contribution is 2.28. The molecule has 0 bridgehead atoms. The molecule has 0 spiro atoms. The number of likely N-dealkylation sites (tertiary alicyclic amines) is 1. The fraction of sp³-hybridized carbons (Fsp3) is 0.571. The van der Waals surface area contributed by atoms with Crippen LogP contribution in [0.3, 0.4) is 0 Å². The number of hydrogen-bond donors (Lipinski definition) is 1. The minimum atomic E-state index is 0.900. The molecule has 0 aliphatic carbocycles. The fourth-order valence-corrected chi connectivity index (χ4v) is 3.14. The molecule has 16 heavy (non-hydrogen) atoms. The summed E-state index contributed by atoms with van der Waals surface area (Å²) in [4.78, 5) is 2.62. The molecule has 2 atom stereocenters. The third-order valence-corrected chi connectivity index (χ3v) is 4.00. The largest absolute Gasteiger partial charge is 0.316 e. The van der Waals surface area contributed by atoms with Gasteiger partial charge in [0.1, 0.15) is 0 Å². The van der Waals surface area contributed by atoms with Crippen molar-refractivity contribution in [1.82, 2.24) is 10.2 Å². The van der Waals surface area contributed by atoms with E-state index >= 15 is 0 Å². The van der Waals surface area contributed by atoms with E-state index in [9.17, 15) is 0 Å². The first-order valence-electron chi connectivity index (χ1n) is 6.39. The van der Waals surface area contributed by atoms with Gasteiger partial charge in [-0.25, -0.2) is 0 Å². The lowest BCUT2D eigenvalue weighted by atomic mass is 9.90. The van der Waals surface area contributed by atoms with E-state index < -0.39 is 0 Å². The summed E-state index contributed by atoms with van der Waals surface area (Å²) in [6.07, 6.45) is 1.37. The monoisotopic (exact) mass is 216 g/mol. The minimum Gasteiger partial charge on any atom is -0.316 e. The van der Waals surface area contributed by atoms with Crippen LogP contribution in [0.2, 0.25) is 0 Å². The maximum Gasteiger partial charge on any atom is 0.0233 e. The van der Waals surface area contributed by atoms with Gasteiger partial charge in [0.25, 0.3) is 0 Å². The Balaban J connectivity index is 1.61. The van der Waals surface area contributed by atoms with Gasteiger partial charge >= 0.3 is 0 Å². The molecule has 0 amide bonds. The summed E-state index contributed by atoms with van der Waals surface area (Å²) in [6.45, 7) is 6.18. The molecule has 2 heteroatoms. The first-order valence-corrected chi connectivity index (χ1v) is 6.39. The maximum absolute atomic E-state index is 3.51. The van der Waals surface area contributed by atoms with Crippen LogP contribution in [-0.2, 0) is 6.54 Å². The lowest BCUT2D eigenvalue weighted by Crippen LogP contribution is -2.35. The standard InChI is InChI=1S/C14H20N2/c1-2-4-12(5-3-1)9-16-10-13-6-7-15-8-14(13)11-16/h1-5,13-15H,6-11H2/t13-,14-/m0/s1. The van der Waals surface area contributed by atoms with Crippen LogP contribution in [0, 0.1) is 11.8 Å². The molecule has 2 aliphatic rings. The average Bonchev–Trinajstić information content (AvgIpc) is 2.72. The van der Waals surface area contributed by atoms with Crippen LogP contribution in [0.5, 0.6) is 0 Å². The summed E-state index contributed by atoms with van der Waals surface area (Å²) in [5.41, 5.74) is 1.45. The van der Waals surface area contributed by atoms with Crippen molar-refractivity contribution in [3.63, 3.8) is 0 Å². The van der Waals surface area contributed by atoms with Crippen LogP contribution in [0.25, 0.3) is 0 Å². The Morgan fingerprint density at radius 3 is 2.75 bits per heavy atom. The zero-order valence-electron chi connectivity index (χ0n) is 9.73. The maximum atomic E-state index is 3.51. The number of benzene rings is 1. The van der Waals surface area contributed by atoms with E-state index in [1.54, 1.807) is 0 Å². The SMILES string of the molecule is c1ccc(CN2C[C@@H]3CCNC[C@H]3C2)cc1. The Labute approximate surface area is 97.6 Å². The fourth-order valence-electron chi connectivity index (χ4n) is 3.14. The van der Waals surface area contributed by atoms with Crippen molar-refractivity contribution in [2.45, 2.75) is 13.0 Å². The summed E-state index contributed by atoms with van der Waals surface area (Å²) < 4.78 is 0. The third kappa shape index (κ3) is 2.13. The Morgan fingerprint density at radius 1 is 1.12 bits per heavy atom. The second kappa shape index (κ2) is 4.56. The molecule has 2 saturated heterocycles. The van der Waals surface area contributed by atoms with E-state index in [0.29, 0.717) is 0 Å². The smallest absolute Gasteiger partial charge is 0.0233 e. The van der Waals surface area contributed by atoms with Gasteiger partial charge in [0.15, 0.2) is 0 Å². The Bertz CT molecular complexity index is 322. The zero-order valence-corrected chi connectivity index (χ0v) is 9.73. The van der Waals surface area contributed by atoms with Gasteiger partial charge in [-0.15, -0.1) is 0 Å². The van der Waals surface area contributed by atoms with E-state index in [0.717, 1.165) is 18.4 Å². The molecule has 0 aromatic heterocycles. The molecule has 1 aromatic carbocycles. The minimum absolute atomic E-state index is 0.900. The van der Waals surface area contributed by atoms with Gasteiger partial charge in [-0.3, -0.25) is 4.90 Å². The molecule has 86 valence electrons. The van der Waals surface area contributed by atoms with Crippen LogP contribution >= 0.6 is 0 Å². The van der Waals surface area contributed by atoms with Crippen molar-refractivity contribution < 1.29 is 0 Å². The molecule has 1 aromatic rings.